The third-order valence-corrected chi connectivity index (χ3v) is 6.43. The highest BCUT2D eigenvalue weighted by Crippen LogP contribution is 2.40. The van der Waals surface area contributed by atoms with Gasteiger partial charge in [0.05, 0.1) is 11.2 Å². The third-order valence-electron chi connectivity index (χ3n) is 5.58. The maximum atomic E-state index is 4.85. The molecular weight excluding hydrogens is 390 g/mol. The number of aromatic nitrogens is 4. The van der Waals surface area contributed by atoms with Crippen LogP contribution in [-0.4, -0.2) is 20.2 Å². The molecule has 4 aromatic rings. The van der Waals surface area contributed by atoms with Crippen molar-refractivity contribution in [1.29, 1.82) is 0 Å². The summed E-state index contributed by atoms with van der Waals surface area (Å²) in [4.78, 5) is 10.8. The summed E-state index contributed by atoms with van der Waals surface area (Å²) in [6, 6.07) is 16.9. The molecule has 0 saturated heterocycles. The Labute approximate surface area is 180 Å². The van der Waals surface area contributed by atoms with E-state index in [-0.39, 0.29) is 0 Å². The van der Waals surface area contributed by atoms with Crippen LogP contribution in [0.3, 0.4) is 0 Å². The smallest absolute Gasteiger partial charge is 0.195 e. The molecule has 0 atom stereocenters. The normalized spacial score (nSPS) is 13.7. The Morgan fingerprint density at radius 3 is 2.63 bits per heavy atom. The lowest BCUT2D eigenvalue weighted by Gasteiger charge is -2.11. The molecule has 2 aromatic carbocycles. The highest BCUT2D eigenvalue weighted by molar-refractivity contribution is 7.99. The molecule has 5 rings (SSSR count). The van der Waals surface area contributed by atoms with Crippen LogP contribution < -0.4 is 5.32 Å². The van der Waals surface area contributed by atoms with Crippen molar-refractivity contribution in [1.82, 2.24) is 20.2 Å². The van der Waals surface area contributed by atoms with Gasteiger partial charge in [-0.3, -0.25) is 5.10 Å². The second-order valence-corrected chi connectivity index (χ2v) is 8.76. The lowest BCUT2D eigenvalue weighted by atomic mass is 10.0. The Hall–Kier alpha value is -2.86. The van der Waals surface area contributed by atoms with Gasteiger partial charge in [-0.2, -0.15) is 5.10 Å². The van der Waals surface area contributed by atoms with E-state index in [9.17, 15) is 0 Å². The molecule has 2 heterocycles. The Kier molecular flexibility index (Phi) is 5.17. The van der Waals surface area contributed by atoms with E-state index in [0.717, 1.165) is 46.2 Å². The van der Waals surface area contributed by atoms with Gasteiger partial charge in [0.2, 0.25) is 0 Å². The average molecular weight is 416 g/mol. The molecule has 152 valence electrons. The first-order valence-corrected chi connectivity index (χ1v) is 11.4. The lowest BCUT2D eigenvalue weighted by molar-refractivity contribution is 0.964. The zero-order valence-electron chi connectivity index (χ0n) is 17.3. The number of aromatic amines is 1. The minimum absolute atomic E-state index is 0.615. The number of aryl methyl sites for hydroxylation is 2. The number of fused-ring (bicyclic) bond motifs is 1. The van der Waals surface area contributed by atoms with Crippen LogP contribution in [0.25, 0.3) is 10.9 Å². The van der Waals surface area contributed by atoms with Gasteiger partial charge < -0.3 is 5.32 Å². The fourth-order valence-electron chi connectivity index (χ4n) is 3.76. The van der Waals surface area contributed by atoms with Crippen molar-refractivity contribution in [2.75, 3.05) is 5.32 Å². The maximum Gasteiger partial charge on any atom is 0.195 e. The zero-order chi connectivity index (χ0) is 20.5. The number of nitrogens with zero attached hydrogens (tertiary/aromatic N) is 3. The molecule has 1 aliphatic rings. The number of rotatable bonds is 7. The van der Waals surface area contributed by atoms with Crippen LogP contribution in [0, 0.1) is 0 Å². The monoisotopic (exact) mass is 415 g/mol. The van der Waals surface area contributed by atoms with E-state index in [1.54, 1.807) is 11.8 Å². The molecule has 5 nitrogen and oxygen atoms in total. The third kappa shape index (κ3) is 3.92. The molecule has 0 unspecified atom stereocenters. The molecule has 2 N–H and O–H groups in total. The average Bonchev–Trinajstić information content (AvgIpc) is 3.52. The molecule has 0 spiro atoms. The molecule has 1 fully saturated rings. The first-order valence-electron chi connectivity index (χ1n) is 10.6. The van der Waals surface area contributed by atoms with Gasteiger partial charge in [0, 0.05) is 22.3 Å². The first kappa shape index (κ1) is 19.1. The predicted molar refractivity (Wildman–Crippen MR) is 123 cm³/mol. The van der Waals surface area contributed by atoms with Gasteiger partial charge in [-0.25, -0.2) is 9.97 Å². The summed E-state index contributed by atoms with van der Waals surface area (Å²) in [5.74, 6) is 2.29. The van der Waals surface area contributed by atoms with Crippen molar-refractivity contribution in [3.8, 4) is 0 Å². The Morgan fingerprint density at radius 2 is 1.83 bits per heavy atom. The van der Waals surface area contributed by atoms with Gasteiger partial charge in [0.15, 0.2) is 5.16 Å². The maximum absolute atomic E-state index is 4.85. The van der Waals surface area contributed by atoms with Crippen molar-refractivity contribution in [2.45, 2.75) is 55.5 Å². The highest BCUT2D eigenvalue weighted by atomic mass is 32.2. The summed E-state index contributed by atoms with van der Waals surface area (Å²) >= 11 is 1.61. The largest absolute Gasteiger partial charge is 0.325 e. The van der Waals surface area contributed by atoms with Crippen LogP contribution in [-0.2, 0) is 12.8 Å². The van der Waals surface area contributed by atoms with Gasteiger partial charge in [-0.05, 0) is 72.8 Å². The van der Waals surface area contributed by atoms with Crippen LogP contribution >= 0.6 is 11.8 Å². The molecular formula is C24H25N5S. The number of anilines is 2. The first-order chi connectivity index (χ1) is 14.7. The molecule has 0 bridgehead atoms. The quantitative estimate of drug-likeness (QED) is 0.349. The fraction of sp³-hybridized carbons (Fsp3) is 0.292. The van der Waals surface area contributed by atoms with Crippen LogP contribution in [0.1, 0.15) is 49.4 Å². The van der Waals surface area contributed by atoms with E-state index in [1.807, 2.05) is 18.2 Å². The van der Waals surface area contributed by atoms with E-state index in [0.29, 0.717) is 5.92 Å². The minimum Gasteiger partial charge on any atom is -0.325 e. The standard InChI is InChI=1S/C24H25N5S/c1-3-15-11-12-18(13-16(15)4-2)30-24-25-20-8-6-5-7-19(20)23(27-24)26-22-14-21(28-29-22)17-9-10-17/h5-8,11-14,17H,3-4,9-10H2,1-2H3,(H2,25,26,27,28,29). The number of benzene rings is 2. The Morgan fingerprint density at radius 1 is 1.00 bits per heavy atom. The van der Waals surface area contributed by atoms with Crippen LogP contribution in [0.15, 0.2) is 58.6 Å². The van der Waals surface area contributed by atoms with Gasteiger partial charge in [0.25, 0.3) is 0 Å². The molecule has 30 heavy (non-hydrogen) atoms. The van der Waals surface area contributed by atoms with E-state index in [4.69, 9.17) is 9.97 Å². The van der Waals surface area contributed by atoms with Gasteiger partial charge in [-0.15, -0.1) is 0 Å². The molecule has 1 saturated carbocycles. The van der Waals surface area contributed by atoms with Crippen molar-refractivity contribution < 1.29 is 0 Å². The van der Waals surface area contributed by atoms with E-state index in [1.165, 1.54) is 28.9 Å². The molecule has 6 heteroatoms. The van der Waals surface area contributed by atoms with E-state index >= 15 is 0 Å². The van der Waals surface area contributed by atoms with Crippen molar-refractivity contribution in [3.05, 3.63) is 65.4 Å². The van der Waals surface area contributed by atoms with Gasteiger partial charge in [-0.1, -0.05) is 32.0 Å². The summed E-state index contributed by atoms with van der Waals surface area (Å²) in [6.45, 7) is 4.41. The highest BCUT2D eigenvalue weighted by Gasteiger charge is 2.26. The number of H-pyrrole nitrogens is 1. The molecule has 0 amide bonds. The summed E-state index contributed by atoms with van der Waals surface area (Å²) in [7, 11) is 0. The zero-order valence-corrected chi connectivity index (χ0v) is 18.1. The van der Waals surface area contributed by atoms with Crippen molar-refractivity contribution in [3.63, 3.8) is 0 Å². The summed E-state index contributed by atoms with van der Waals surface area (Å²) in [5, 5.41) is 12.7. The van der Waals surface area contributed by atoms with Crippen molar-refractivity contribution >= 4 is 34.3 Å². The second-order valence-electron chi connectivity index (χ2n) is 7.72. The summed E-state index contributed by atoms with van der Waals surface area (Å²) < 4.78 is 0. The number of hydrogen-bond acceptors (Lipinski definition) is 5. The molecule has 1 aliphatic carbocycles. The number of nitrogens with one attached hydrogen (secondary N) is 2. The van der Waals surface area contributed by atoms with Crippen LogP contribution in [0.5, 0.6) is 0 Å². The Balaban J connectivity index is 1.48. The van der Waals surface area contributed by atoms with E-state index < -0.39 is 0 Å². The van der Waals surface area contributed by atoms with E-state index in [2.05, 4.69) is 59.7 Å². The summed E-state index contributed by atoms with van der Waals surface area (Å²) in [6.07, 6.45) is 4.56. The van der Waals surface area contributed by atoms with Crippen molar-refractivity contribution in [2.24, 2.45) is 0 Å². The SMILES string of the molecule is CCc1ccc(Sc2nc(Nc3cc(C4CC4)n[nH]3)c3ccccc3n2)cc1CC. The van der Waals surface area contributed by atoms with Gasteiger partial charge in [0.1, 0.15) is 11.6 Å². The fourth-order valence-corrected chi connectivity index (χ4v) is 4.59. The van der Waals surface area contributed by atoms with Crippen LogP contribution in [0.4, 0.5) is 11.6 Å². The minimum atomic E-state index is 0.615. The van der Waals surface area contributed by atoms with Crippen LogP contribution in [0.2, 0.25) is 0 Å². The summed E-state index contributed by atoms with van der Waals surface area (Å²) in [5.41, 5.74) is 4.87. The Bertz CT molecular complexity index is 1200. The number of hydrogen-bond donors (Lipinski definition) is 2. The number of para-hydroxylation sites is 1. The second kappa shape index (κ2) is 8.11. The molecule has 0 radical (unpaired) electrons. The lowest BCUT2D eigenvalue weighted by Crippen LogP contribution is -1.99. The molecule has 0 aliphatic heterocycles. The predicted octanol–water partition coefficient (Wildman–Crippen LogP) is 6.25. The molecule has 2 aromatic heterocycles. The topological polar surface area (TPSA) is 66.5 Å². The van der Waals surface area contributed by atoms with Gasteiger partial charge >= 0.3 is 0 Å².